The molecule has 0 bridgehead atoms. The largest absolute Gasteiger partial charge is 0.755 e. The molecule has 6 nitrogen and oxygen atoms in total. The summed E-state index contributed by atoms with van der Waals surface area (Å²) in [4.78, 5) is 11.4. The molecule has 0 aromatic heterocycles. The topological polar surface area (TPSA) is 95.7 Å². The van der Waals surface area contributed by atoms with Crippen LogP contribution in [0.3, 0.4) is 0 Å². The van der Waals surface area contributed by atoms with Crippen molar-refractivity contribution in [2.45, 2.75) is 13.5 Å². The predicted molar refractivity (Wildman–Crippen MR) is 62.8 cm³/mol. The minimum absolute atomic E-state index is 0.105. The van der Waals surface area contributed by atoms with Gasteiger partial charge in [-0.25, -0.2) is 9.10 Å². The Labute approximate surface area is 102 Å². The third kappa shape index (κ3) is 3.52. The molecule has 0 saturated carbocycles. The van der Waals surface area contributed by atoms with Crippen LogP contribution in [-0.4, -0.2) is 21.5 Å². The summed E-state index contributed by atoms with van der Waals surface area (Å²) in [6.45, 7) is 2.05. The summed E-state index contributed by atoms with van der Waals surface area (Å²) in [5.74, 6) is 0. The van der Waals surface area contributed by atoms with Crippen LogP contribution in [0.15, 0.2) is 24.3 Å². The van der Waals surface area contributed by atoms with Crippen LogP contribution in [0, 0.1) is 0 Å². The van der Waals surface area contributed by atoms with Gasteiger partial charge in [0.1, 0.15) is 0 Å². The van der Waals surface area contributed by atoms with Crippen LogP contribution < -0.4 is 10.0 Å². The highest BCUT2D eigenvalue weighted by molar-refractivity contribution is 7.81. The third-order valence-corrected chi connectivity index (χ3v) is 2.65. The van der Waals surface area contributed by atoms with Crippen molar-refractivity contribution in [2.24, 2.45) is 5.73 Å². The van der Waals surface area contributed by atoms with Crippen LogP contribution in [0.2, 0.25) is 0 Å². The van der Waals surface area contributed by atoms with Gasteiger partial charge < -0.3 is 15.0 Å². The Morgan fingerprint density at radius 3 is 2.47 bits per heavy atom. The normalized spacial score (nSPS) is 11.9. The van der Waals surface area contributed by atoms with Crippen molar-refractivity contribution in [1.82, 2.24) is 0 Å². The lowest BCUT2D eigenvalue weighted by Gasteiger charge is -2.23. The Morgan fingerprint density at radius 1 is 1.47 bits per heavy atom. The number of nitrogens with two attached hydrogens (primary N) is 1. The molecule has 0 radical (unpaired) electrons. The molecule has 0 aliphatic heterocycles. The highest BCUT2D eigenvalue weighted by Gasteiger charge is 2.17. The Bertz CT molecular complexity index is 407. The molecular weight excluding hydrogens is 244 g/mol. The molecular formula is C10H13N2O4S-. The number of anilines is 1. The van der Waals surface area contributed by atoms with Crippen LogP contribution in [-0.2, 0) is 22.5 Å². The van der Waals surface area contributed by atoms with Gasteiger partial charge in [-0.05, 0) is 24.6 Å². The van der Waals surface area contributed by atoms with Crippen molar-refractivity contribution in [3.05, 3.63) is 29.8 Å². The first-order valence-corrected chi connectivity index (χ1v) is 5.98. The van der Waals surface area contributed by atoms with Crippen LogP contribution in [0.5, 0.6) is 0 Å². The van der Waals surface area contributed by atoms with Crippen molar-refractivity contribution < 1.29 is 18.3 Å². The number of ether oxygens (including phenoxy) is 1. The molecule has 0 heterocycles. The number of carbonyl (C=O) groups is 1. The first-order valence-electron chi connectivity index (χ1n) is 4.95. The molecule has 1 atom stereocenters. The highest BCUT2D eigenvalue weighted by atomic mass is 32.2. The fourth-order valence-corrected chi connectivity index (χ4v) is 1.67. The van der Waals surface area contributed by atoms with Gasteiger partial charge >= 0.3 is 6.09 Å². The van der Waals surface area contributed by atoms with Gasteiger partial charge in [0.05, 0.1) is 23.6 Å². The van der Waals surface area contributed by atoms with Crippen molar-refractivity contribution in [3.63, 3.8) is 0 Å². The van der Waals surface area contributed by atoms with Crippen molar-refractivity contribution in [3.8, 4) is 0 Å². The molecule has 0 aliphatic rings. The Morgan fingerprint density at radius 2 is 2.06 bits per heavy atom. The fraction of sp³-hybridized carbons (Fsp3) is 0.300. The molecule has 0 fully saturated rings. The van der Waals surface area contributed by atoms with E-state index in [9.17, 15) is 13.6 Å². The number of amides is 1. The molecule has 1 amide bonds. The van der Waals surface area contributed by atoms with Gasteiger partial charge in [-0.3, -0.25) is 4.21 Å². The average Bonchev–Trinajstić information content (AvgIpc) is 2.30. The van der Waals surface area contributed by atoms with E-state index in [-0.39, 0.29) is 12.3 Å². The van der Waals surface area contributed by atoms with Gasteiger partial charge in [-0.2, -0.15) is 0 Å². The lowest BCUT2D eigenvalue weighted by Crippen LogP contribution is -2.33. The second kappa shape index (κ2) is 6.33. The first kappa shape index (κ1) is 13.6. The number of rotatable bonds is 4. The van der Waals surface area contributed by atoms with Gasteiger partial charge in [-0.15, -0.1) is 0 Å². The van der Waals surface area contributed by atoms with Crippen molar-refractivity contribution in [1.29, 1.82) is 0 Å². The SMILES string of the molecule is CCOC(=O)N(c1ccc(CN)cc1)S(=O)[O-]. The van der Waals surface area contributed by atoms with E-state index in [1.54, 1.807) is 19.1 Å². The molecule has 1 rings (SSSR count). The molecule has 1 aromatic rings. The van der Waals surface area contributed by atoms with E-state index in [0.29, 0.717) is 10.8 Å². The molecule has 17 heavy (non-hydrogen) atoms. The van der Waals surface area contributed by atoms with Crippen molar-refractivity contribution >= 4 is 23.0 Å². The summed E-state index contributed by atoms with van der Waals surface area (Å²) in [5, 5.41) is 0. The summed E-state index contributed by atoms with van der Waals surface area (Å²) in [5.41, 5.74) is 6.47. The van der Waals surface area contributed by atoms with E-state index in [0.717, 1.165) is 5.56 Å². The summed E-state index contributed by atoms with van der Waals surface area (Å²) in [6.07, 6.45) is -0.929. The van der Waals surface area contributed by atoms with Gasteiger partial charge in [0.15, 0.2) is 0 Å². The van der Waals surface area contributed by atoms with Gasteiger partial charge in [0.2, 0.25) is 0 Å². The summed E-state index contributed by atoms with van der Waals surface area (Å²) in [6, 6.07) is 6.28. The Balaban J connectivity index is 2.97. The quantitative estimate of drug-likeness (QED) is 0.808. The van der Waals surface area contributed by atoms with Crippen LogP contribution >= 0.6 is 0 Å². The molecule has 0 saturated heterocycles. The number of hydrogen-bond acceptors (Lipinski definition) is 5. The van der Waals surface area contributed by atoms with E-state index < -0.39 is 17.4 Å². The van der Waals surface area contributed by atoms with Gasteiger partial charge in [0.25, 0.3) is 0 Å². The van der Waals surface area contributed by atoms with Crippen molar-refractivity contribution in [2.75, 3.05) is 10.9 Å². The molecule has 0 spiro atoms. The highest BCUT2D eigenvalue weighted by Crippen LogP contribution is 2.17. The van der Waals surface area contributed by atoms with E-state index in [4.69, 9.17) is 5.73 Å². The zero-order valence-electron chi connectivity index (χ0n) is 9.29. The van der Waals surface area contributed by atoms with E-state index in [2.05, 4.69) is 4.74 Å². The third-order valence-electron chi connectivity index (χ3n) is 1.99. The van der Waals surface area contributed by atoms with E-state index in [1.165, 1.54) is 12.1 Å². The summed E-state index contributed by atoms with van der Waals surface area (Å²) in [7, 11) is 0. The molecule has 7 heteroatoms. The summed E-state index contributed by atoms with van der Waals surface area (Å²) >= 11 is -2.72. The fourth-order valence-electron chi connectivity index (χ4n) is 1.20. The average molecular weight is 257 g/mol. The Hall–Kier alpha value is -1.44. The lowest BCUT2D eigenvalue weighted by molar-refractivity contribution is 0.164. The zero-order chi connectivity index (χ0) is 12.8. The molecule has 2 N–H and O–H groups in total. The van der Waals surface area contributed by atoms with Crippen LogP contribution in [0.4, 0.5) is 10.5 Å². The van der Waals surface area contributed by atoms with Crippen LogP contribution in [0.25, 0.3) is 0 Å². The number of nitrogens with zero attached hydrogens (tertiary/aromatic N) is 1. The van der Waals surface area contributed by atoms with Gasteiger partial charge in [0, 0.05) is 6.54 Å². The maximum absolute atomic E-state index is 11.4. The van der Waals surface area contributed by atoms with E-state index >= 15 is 0 Å². The Kier molecular flexibility index (Phi) is 5.08. The molecule has 94 valence electrons. The number of benzene rings is 1. The zero-order valence-corrected chi connectivity index (χ0v) is 10.1. The van der Waals surface area contributed by atoms with Gasteiger partial charge in [-0.1, -0.05) is 12.1 Å². The maximum Gasteiger partial charge on any atom is 0.425 e. The standard InChI is InChI=1S/C10H14N2O4S/c1-2-16-10(13)12(17(14)15)9-5-3-8(7-11)4-6-9/h3-6H,2,7,11H2,1H3,(H,14,15)/p-1. The monoisotopic (exact) mass is 257 g/mol. The summed E-state index contributed by atoms with van der Waals surface area (Å²) < 4.78 is 27.1. The first-order chi connectivity index (χ1) is 8.10. The molecule has 1 unspecified atom stereocenters. The maximum atomic E-state index is 11.4. The van der Waals surface area contributed by atoms with E-state index in [1.807, 2.05) is 0 Å². The minimum Gasteiger partial charge on any atom is -0.755 e. The number of carbonyl (C=O) groups excluding carboxylic acids is 1. The number of hydrogen-bond donors (Lipinski definition) is 1. The molecule has 1 aromatic carbocycles. The predicted octanol–water partition coefficient (Wildman–Crippen LogP) is 0.902. The minimum atomic E-state index is -2.72. The molecule has 0 aliphatic carbocycles. The second-order valence-electron chi connectivity index (χ2n) is 3.08. The van der Waals surface area contributed by atoms with Crippen LogP contribution in [0.1, 0.15) is 12.5 Å². The second-order valence-corrected chi connectivity index (χ2v) is 3.88. The lowest BCUT2D eigenvalue weighted by atomic mass is 10.2. The smallest absolute Gasteiger partial charge is 0.425 e.